The lowest BCUT2D eigenvalue weighted by molar-refractivity contribution is -0.110. The van der Waals surface area contributed by atoms with E-state index in [0.29, 0.717) is 0 Å². The highest BCUT2D eigenvalue weighted by atomic mass is 16.1. The Bertz CT molecular complexity index is 105. The second-order valence-electron chi connectivity index (χ2n) is 2.43. The smallest absolute Gasteiger partial charge is 0.126 e. The number of carbonyl (C=O) groups is 1. The Labute approximate surface area is 63.1 Å². The summed E-state index contributed by atoms with van der Waals surface area (Å²) in [5.74, 6) is 0.157. The van der Waals surface area contributed by atoms with Crippen molar-refractivity contribution in [3.05, 3.63) is 12.2 Å². The van der Waals surface area contributed by atoms with Crippen LogP contribution in [0.5, 0.6) is 0 Å². The van der Waals surface area contributed by atoms with Crippen LogP contribution < -0.4 is 0 Å². The molecule has 0 aromatic rings. The second-order valence-corrected chi connectivity index (χ2v) is 2.43. The minimum Gasteiger partial charge on any atom is -0.303 e. The van der Waals surface area contributed by atoms with Crippen molar-refractivity contribution in [1.29, 1.82) is 0 Å². The van der Waals surface area contributed by atoms with Crippen molar-refractivity contribution in [2.45, 2.75) is 33.1 Å². The molecule has 10 heavy (non-hydrogen) atoms. The van der Waals surface area contributed by atoms with Crippen LogP contribution >= 0.6 is 0 Å². The molecule has 0 saturated heterocycles. The highest BCUT2D eigenvalue weighted by Gasteiger charge is 1.98. The molecule has 0 amide bonds. The average Bonchev–Trinajstić information content (AvgIpc) is 1.98. The lowest BCUT2D eigenvalue weighted by Gasteiger charge is -1.99. The highest BCUT2D eigenvalue weighted by molar-refractivity contribution is 5.56. The molecule has 0 rings (SSSR count). The van der Waals surface area contributed by atoms with Crippen molar-refractivity contribution in [3.8, 4) is 0 Å². The monoisotopic (exact) mass is 140 g/mol. The molecule has 58 valence electrons. The summed E-state index contributed by atoms with van der Waals surface area (Å²) >= 11 is 0. The lowest BCUT2D eigenvalue weighted by atomic mass is 10.1. The van der Waals surface area contributed by atoms with Crippen molar-refractivity contribution >= 4 is 6.29 Å². The van der Waals surface area contributed by atoms with E-state index >= 15 is 0 Å². The van der Waals surface area contributed by atoms with Gasteiger partial charge in [0.1, 0.15) is 6.29 Å². The fraction of sp³-hybridized carbons (Fsp3) is 0.667. The molecular weight excluding hydrogens is 124 g/mol. The summed E-state index contributed by atoms with van der Waals surface area (Å²) in [5.41, 5.74) is 0. The normalized spacial score (nSPS) is 13.8. The summed E-state index contributed by atoms with van der Waals surface area (Å²) < 4.78 is 0. The topological polar surface area (TPSA) is 17.1 Å². The summed E-state index contributed by atoms with van der Waals surface area (Å²) in [6.07, 6.45) is 8.16. The number of hydrogen-bond acceptors (Lipinski definition) is 1. The third-order valence-corrected chi connectivity index (χ3v) is 1.42. The minimum atomic E-state index is 0.157. The fourth-order valence-corrected chi connectivity index (χ4v) is 0.854. The van der Waals surface area contributed by atoms with Crippen LogP contribution in [0.1, 0.15) is 33.1 Å². The van der Waals surface area contributed by atoms with Gasteiger partial charge in [-0.1, -0.05) is 32.4 Å². The quantitative estimate of drug-likeness (QED) is 0.423. The zero-order chi connectivity index (χ0) is 7.82. The first-order valence-electron chi connectivity index (χ1n) is 3.97. The molecule has 0 aromatic carbocycles. The van der Waals surface area contributed by atoms with Gasteiger partial charge in [0.15, 0.2) is 0 Å². The van der Waals surface area contributed by atoms with Gasteiger partial charge < -0.3 is 4.79 Å². The van der Waals surface area contributed by atoms with E-state index in [0.717, 1.165) is 25.5 Å². The third-order valence-electron chi connectivity index (χ3n) is 1.42. The van der Waals surface area contributed by atoms with Gasteiger partial charge in [0.05, 0.1) is 0 Å². The molecule has 0 spiro atoms. The average molecular weight is 140 g/mol. The molecule has 0 fully saturated rings. The summed E-state index contributed by atoms with van der Waals surface area (Å²) in [6.45, 7) is 4.17. The Kier molecular flexibility index (Phi) is 6.14. The van der Waals surface area contributed by atoms with E-state index in [1.807, 2.05) is 6.08 Å². The van der Waals surface area contributed by atoms with Gasteiger partial charge in [-0.15, -0.1) is 0 Å². The van der Waals surface area contributed by atoms with Crippen LogP contribution in [0.4, 0.5) is 0 Å². The molecule has 0 aromatic heterocycles. The van der Waals surface area contributed by atoms with Crippen molar-refractivity contribution in [2.75, 3.05) is 0 Å². The van der Waals surface area contributed by atoms with Crippen molar-refractivity contribution in [1.82, 2.24) is 0 Å². The van der Waals surface area contributed by atoms with Gasteiger partial charge in [-0.05, 0) is 12.8 Å². The molecule has 1 unspecified atom stereocenters. The first kappa shape index (κ1) is 9.41. The zero-order valence-electron chi connectivity index (χ0n) is 6.84. The lowest BCUT2D eigenvalue weighted by Crippen LogP contribution is -1.95. The van der Waals surface area contributed by atoms with E-state index in [9.17, 15) is 4.79 Å². The Morgan fingerprint density at radius 3 is 2.50 bits per heavy atom. The van der Waals surface area contributed by atoms with Crippen LogP contribution in [-0.4, -0.2) is 6.29 Å². The van der Waals surface area contributed by atoms with Crippen LogP contribution in [0.3, 0.4) is 0 Å². The number of aldehydes is 1. The predicted octanol–water partition coefficient (Wildman–Crippen LogP) is 2.57. The predicted molar refractivity (Wildman–Crippen MR) is 43.9 cm³/mol. The van der Waals surface area contributed by atoms with E-state index in [2.05, 4.69) is 19.9 Å². The first-order valence-corrected chi connectivity index (χ1v) is 3.97. The molecule has 0 radical (unpaired) electrons. The van der Waals surface area contributed by atoms with Crippen LogP contribution in [0.15, 0.2) is 12.2 Å². The number of rotatable bonds is 5. The molecule has 0 N–H and O–H groups in total. The first-order chi connectivity index (χ1) is 4.85. The summed E-state index contributed by atoms with van der Waals surface area (Å²) in [4.78, 5) is 10.3. The van der Waals surface area contributed by atoms with Gasteiger partial charge in [0, 0.05) is 5.92 Å². The maximum Gasteiger partial charge on any atom is 0.126 e. The standard InChI is InChI=1S/C9H16O/c1-3-5-7-9(8-10)6-4-2/h5,7-9H,3-4,6H2,1-2H3. The molecule has 0 saturated carbocycles. The molecule has 0 heterocycles. The molecule has 0 aliphatic rings. The number of carbonyl (C=O) groups excluding carboxylic acids is 1. The maximum absolute atomic E-state index is 10.3. The van der Waals surface area contributed by atoms with Gasteiger partial charge in [-0.25, -0.2) is 0 Å². The second kappa shape index (κ2) is 6.53. The minimum absolute atomic E-state index is 0.157. The van der Waals surface area contributed by atoms with Gasteiger partial charge in [0.25, 0.3) is 0 Å². The van der Waals surface area contributed by atoms with E-state index in [1.54, 1.807) is 0 Å². The van der Waals surface area contributed by atoms with E-state index in [4.69, 9.17) is 0 Å². The van der Waals surface area contributed by atoms with Gasteiger partial charge in [0.2, 0.25) is 0 Å². The Balaban J connectivity index is 3.59. The van der Waals surface area contributed by atoms with Crippen LogP contribution in [0.25, 0.3) is 0 Å². The SMILES string of the molecule is CCC=CC(C=O)CCC. The fourth-order valence-electron chi connectivity index (χ4n) is 0.854. The molecule has 0 aliphatic carbocycles. The van der Waals surface area contributed by atoms with Gasteiger partial charge in [-0.3, -0.25) is 0 Å². The van der Waals surface area contributed by atoms with Crippen molar-refractivity contribution < 1.29 is 4.79 Å². The van der Waals surface area contributed by atoms with E-state index < -0.39 is 0 Å². The van der Waals surface area contributed by atoms with E-state index in [-0.39, 0.29) is 5.92 Å². The summed E-state index contributed by atoms with van der Waals surface area (Å²) in [7, 11) is 0. The Morgan fingerprint density at radius 1 is 1.40 bits per heavy atom. The van der Waals surface area contributed by atoms with Crippen LogP contribution in [0.2, 0.25) is 0 Å². The molecule has 0 bridgehead atoms. The largest absolute Gasteiger partial charge is 0.303 e. The summed E-state index contributed by atoms with van der Waals surface area (Å²) in [5, 5.41) is 0. The molecule has 0 aliphatic heterocycles. The van der Waals surface area contributed by atoms with Gasteiger partial charge in [-0.2, -0.15) is 0 Å². The molecular formula is C9H16O. The Morgan fingerprint density at radius 2 is 2.10 bits per heavy atom. The van der Waals surface area contributed by atoms with Crippen LogP contribution in [0, 0.1) is 5.92 Å². The number of hydrogen-bond donors (Lipinski definition) is 0. The molecule has 1 heteroatoms. The molecule has 1 nitrogen and oxygen atoms in total. The highest BCUT2D eigenvalue weighted by Crippen LogP contribution is 2.04. The third kappa shape index (κ3) is 4.30. The Hall–Kier alpha value is -0.590. The van der Waals surface area contributed by atoms with Crippen molar-refractivity contribution in [2.24, 2.45) is 5.92 Å². The van der Waals surface area contributed by atoms with Crippen molar-refractivity contribution in [3.63, 3.8) is 0 Å². The molecule has 1 atom stereocenters. The van der Waals surface area contributed by atoms with Crippen LogP contribution in [-0.2, 0) is 4.79 Å². The number of allylic oxidation sites excluding steroid dienone is 2. The maximum atomic E-state index is 10.3. The van der Waals surface area contributed by atoms with Gasteiger partial charge >= 0.3 is 0 Å². The zero-order valence-corrected chi connectivity index (χ0v) is 6.84. The van der Waals surface area contributed by atoms with E-state index in [1.165, 1.54) is 0 Å². The summed E-state index contributed by atoms with van der Waals surface area (Å²) in [6, 6.07) is 0.